The Balaban J connectivity index is 1.89. The molecule has 0 bridgehead atoms. The van der Waals surface area contributed by atoms with Crippen LogP contribution in [0.4, 0.5) is 0 Å². The van der Waals surface area contributed by atoms with Gasteiger partial charge in [-0.05, 0) is 90.0 Å². The molecule has 0 aliphatic carbocycles. The first-order valence-corrected chi connectivity index (χ1v) is 12.5. The van der Waals surface area contributed by atoms with Crippen LogP contribution in [0.2, 0.25) is 0 Å². The quantitative estimate of drug-likeness (QED) is 0.303. The van der Waals surface area contributed by atoms with Crippen LogP contribution < -0.4 is 9.47 Å². The van der Waals surface area contributed by atoms with Crippen molar-refractivity contribution in [3.8, 4) is 11.5 Å². The van der Waals surface area contributed by atoms with Crippen molar-refractivity contribution >= 4 is 22.8 Å². The number of rotatable bonds is 8. The molecule has 0 radical (unpaired) electrons. The molecule has 0 saturated carbocycles. The highest BCUT2D eigenvalue weighted by atomic mass is 16.5. The zero-order valence-corrected chi connectivity index (χ0v) is 23.2. The molecule has 194 valence electrons. The maximum absolute atomic E-state index is 13.3. The lowest BCUT2D eigenvalue weighted by Gasteiger charge is -2.29. The Labute approximate surface area is 215 Å². The number of aromatic amines is 1. The monoisotopic (exact) mass is 492 g/mol. The van der Waals surface area contributed by atoms with E-state index in [0.717, 1.165) is 46.1 Å². The summed E-state index contributed by atoms with van der Waals surface area (Å²) < 4.78 is 11.8. The number of carbonyl (C=O) groups excluding carboxylic acids is 2. The molecule has 0 aliphatic heterocycles. The zero-order valence-electron chi connectivity index (χ0n) is 23.2. The van der Waals surface area contributed by atoms with Gasteiger partial charge >= 0.3 is 11.9 Å². The number of hydrogen-bond donors (Lipinski definition) is 1. The molecular formula is C30H40N2O4. The lowest BCUT2D eigenvalue weighted by atomic mass is 9.78. The molecule has 0 unspecified atom stereocenters. The van der Waals surface area contributed by atoms with E-state index in [1.807, 2.05) is 93.0 Å². The van der Waals surface area contributed by atoms with E-state index in [9.17, 15) is 9.59 Å². The smallest absolute Gasteiger partial charge is 0.316 e. The van der Waals surface area contributed by atoms with Gasteiger partial charge in [0, 0.05) is 34.6 Å². The van der Waals surface area contributed by atoms with Gasteiger partial charge in [0.25, 0.3) is 0 Å². The number of ether oxygens (including phenoxy) is 2. The van der Waals surface area contributed by atoms with E-state index in [-0.39, 0.29) is 18.4 Å². The minimum atomic E-state index is -0.641. The van der Waals surface area contributed by atoms with E-state index < -0.39 is 10.8 Å². The largest absolute Gasteiger partial charge is 0.426 e. The summed E-state index contributed by atoms with van der Waals surface area (Å²) in [6.07, 6.45) is 2.96. The molecule has 0 spiro atoms. The number of aryl methyl sites for hydroxylation is 2. The number of benzene rings is 2. The summed E-state index contributed by atoms with van der Waals surface area (Å²) in [6.45, 7) is 14.3. The summed E-state index contributed by atoms with van der Waals surface area (Å²) in [7, 11) is 4.08. The Morgan fingerprint density at radius 2 is 1.67 bits per heavy atom. The number of H-pyrrole nitrogens is 1. The number of likely N-dealkylation sites (N-methyl/N-ethyl adjacent to an activating group) is 1. The molecule has 0 atom stereocenters. The highest BCUT2D eigenvalue weighted by Crippen LogP contribution is 2.39. The zero-order chi connectivity index (χ0) is 26.8. The Morgan fingerprint density at radius 1 is 0.972 bits per heavy atom. The number of fused-ring (bicyclic) bond motifs is 1. The van der Waals surface area contributed by atoms with Gasteiger partial charge in [-0.2, -0.15) is 0 Å². The number of carbonyl (C=O) groups is 2. The normalized spacial score (nSPS) is 12.3. The third kappa shape index (κ3) is 6.35. The average molecular weight is 493 g/mol. The molecule has 0 fully saturated rings. The van der Waals surface area contributed by atoms with E-state index in [1.165, 1.54) is 0 Å². The fraction of sp³-hybridized carbons (Fsp3) is 0.467. The van der Waals surface area contributed by atoms with Crippen LogP contribution in [0.25, 0.3) is 10.9 Å². The number of nitrogens with zero attached hydrogens (tertiary/aromatic N) is 1. The van der Waals surface area contributed by atoms with Crippen LogP contribution in [0.3, 0.4) is 0 Å². The standard InChI is InChI=1S/C30H40N2O4/c1-19-15-20(2)27(24(16-19)36-28(34)29(3,4)5)30(6,7)17-25(33)35-23-12-10-11-22-26(23)21(18-31-22)13-14-32(8)9/h10-12,15-16,18,31H,13-14,17H2,1-9H3. The number of aromatic nitrogens is 1. The summed E-state index contributed by atoms with van der Waals surface area (Å²) in [5, 5.41) is 0.941. The van der Waals surface area contributed by atoms with Gasteiger partial charge < -0.3 is 19.4 Å². The molecule has 0 saturated heterocycles. The van der Waals surface area contributed by atoms with Gasteiger partial charge in [0.15, 0.2) is 0 Å². The maximum Gasteiger partial charge on any atom is 0.316 e. The van der Waals surface area contributed by atoms with E-state index >= 15 is 0 Å². The molecule has 1 aromatic heterocycles. The second kappa shape index (κ2) is 10.5. The van der Waals surface area contributed by atoms with Gasteiger partial charge in [-0.3, -0.25) is 9.59 Å². The molecule has 1 heterocycles. The van der Waals surface area contributed by atoms with Crippen LogP contribution in [0.5, 0.6) is 11.5 Å². The summed E-state index contributed by atoms with van der Waals surface area (Å²) >= 11 is 0. The van der Waals surface area contributed by atoms with Crippen LogP contribution in [0, 0.1) is 19.3 Å². The lowest BCUT2D eigenvalue weighted by Crippen LogP contribution is -2.30. The highest BCUT2D eigenvalue weighted by molar-refractivity contribution is 5.91. The predicted molar refractivity (Wildman–Crippen MR) is 145 cm³/mol. The van der Waals surface area contributed by atoms with Gasteiger partial charge in [-0.25, -0.2) is 0 Å². The summed E-state index contributed by atoms with van der Waals surface area (Å²) in [4.78, 5) is 31.4. The van der Waals surface area contributed by atoms with Gasteiger partial charge in [0.05, 0.1) is 11.8 Å². The summed E-state index contributed by atoms with van der Waals surface area (Å²) in [5.41, 5.74) is 3.61. The summed E-state index contributed by atoms with van der Waals surface area (Å²) in [6, 6.07) is 9.64. The van der Waals surface area contributed by atoms with Crippen molar-refractivity contribution in [1.29, 1.82) is 0 Å². The molecule has 0 amide bonds. The number of hydrogen-bond acceptors (Lipinski definition) is 5. The molecule has 6 nitrogen and oxygen atoms in total. The molecule has 3 aromatic rings. The predicted octanol–water partition coefficient (Wildman–Crippen LogP) is 6.11. The third-order valence-corrected chi connectivity index (χ3v) is 6.32. The third-order valence-electron chi connectivity index (χ3n) is 6.32. The first-order valence-electron chi connectivity index (χ1n) is 12.5. The van der Waals surface area contributed by atoms with Gasteiger partial charge in [-0.1, -0.05) is 26.0 Å². The van der Waals surface area contributed by atoms with Gasteiger partial charge in [-0.15, -0.1) is 0 Å². The van der Waals surface area contributed by atoms with Crippen molar-refractivity contribution in [3.05, 3.63) is 58.8 Å². The molecule has 2 aromatic carbocycles. The van der Waals surface area contributed by atoms with E-state index in [0.29, 0.717) is 11.5 Å². The Bertz CT molecular complexity index is 1260. The van der Waals surface area contributed by atoms with Crippen LogP contribution in [0.15, 0.2) is 36.5 Å². The molecule has 0 aliphatic rings. The lowest BCUT2D eigenvalue weighted by molar-refractivity contribution is -0.143. The number of esters is 2. The second-order valence-corrected chi connectivity index (χ2v) is 11.7. The SMILES string of the molecule is Cc1cc(C)c(C(C)(C)CC(=O)Oc2cccc3[nH]cc(CCN(C)C)c23)c(OC(=O)C(C)(C)C)c1. The van der Waals surface area contributed by atoms with E-state index in [4.69, 9.17) is 9.47 Å². The topological polar surface area (TPSA) is 71.6 Å². The minimum Gasteiger partial charge on any atom is -0.426 e. The first-order chi connectivity index (χ1) is 16.7. The Hall–Kier alpha value is -3.12. The average Bonchev–Trinajstić information content (AvgIpc) is 3.14. The van der Waals surface area contributed by atoms with Crippen molar-refractivity contribution in [2.75, 3.05) is 20.6 Å². The number of nitrogens with one attached hydrogen (secondary N) is 1. The van der Waals surface area contributed by atoms with Crippen molar-refractivity contribution in [2.24, 2.45) is 5.41 Å². The van der Waals surface area contributed by atoms with Gasteiger partial charge in [0.2, 0.25) is 0 Å². The van der Waals surface area contributed by atoms with E-state index in [1.54, 1.807) is 0 Å². The highest BCUT2D eigenvalue weighted by Gasteiger charge is 2.33. The van der Waals surface area contributed by atoms with Crippen molar-refractivity contribution in [3.63, 3.8) is 0 Å². The fourth-order valence-electron chi connectivity index (χ4n) is 4.58. The molecular weight excluding hydrogens is 452 g/mol. The Kier molecular flexibility index (Phi) is 7.99. The first kappa shape index (κ1) is 27.5. The van der Waals surface area contributed by atoms with Crippen LogP contribution in [-0.4, -0.2) is 42.5 Å². The summed E-state index contributed by atoms with van der Waals surface area (Å²) in [5.74, 6) is 0.420. The van der Waals surface area contributed by atoms with Crippen LogP contribution in [-0.2, 0) is 21.4 Å². The van der Waals surface area contributed by atoms with Crippen molar-refractivity contribution in [1.82, 2.24) is 9.88 Å². The maximum atomic E-state index is 13.3. The molecule has 6 heteroatoms. The molecule has 3 rings (SSSR count). The van der Waals surface area contributed by atoms with Gasteiger partial charge in [0.1, 0.15) is 11.5 Å². The van der Waals surface area contributed by atoms with Crippen molar-refractivity contribution < 1.29 is 19.1 Å². The fourth-order valence-corrected chi connectivity index (χ4v) is 4.58. The van der Waals surface area contributed by atoms with Crippen molar-refractivity contribution in [2.45, 2.75) is 66.7 Å². The van der Waals surface area contributed by atoms with Crippen LogP contribution >= 0.6 is 0 Å². The minimum absolute atomic E-state index is 0.130. The Morgan fingerprint density at radius 3 is 2.31 bits per heavy atom. The molecule has 1 N–H and O–H groups in total. The molecule has 36 heavy (non-hydrogen) atoms. The second-order valence-electron chi connectivity index (χ2n) is 11.7. The van der Waals surface area contributed by atoms with Crippen LogP contribution in [0.1, 0.15) is 63.3 Å². The van der Waals surface area contributed by atoms with E-state index in [2.05, 4.69) is 16.0 Å².